The van der Waals surface area contributed by atoms with Crippen molar-refractivity contribution in [2.24, 2.45) is 0 Å². The van der Waals surface area contributed by atoms with Gasteiger partial charge in [0.1, 0.15) is 17.3 Å². The standard InChI is InChI=1S/C24H21F4N3O2/c1-33-18-8-5-14(6-9-18)23(32)30-17-4-2-3-16(12-17)29-21-13-22(24(26,27)28)31-20-10-7-15(25)11-19(20)21/h5-13,16H,2-4H2,1H3,(H,29,31)(H,30,32)/t16-/m0/s1. The number of halogens is 4. The SMILES string of the molecule is COc1ccc(C(=O)NC2=C[C@@H](Nc3cc(C(F)(F)F)nc4ccc(F)cc34)CCC2)cc1. The number of ether oxygens (including phenoxy) is 1. The predicted molar refractivity (Wildman–Crippen MR) is 117 cm³/mol. The van der Waals surface area contributed by atoms with E-state index in [0.29, 0.717) is 29.9 Å². The molecule has 0 fully saturated rings. The number of allylic oxidation sites excluding steroid dienone is 1. The van der Waals surface area contributed by atoms with Crippen molar-refractivity contribution in [3.8, 4) is 5.75 Å². The van der Waals surface area contributed by atoms with Gasteiger partial charge < -0.3 is 15.4 Å². The maximum absolute atomic E-state index is 13.8. The van der Waals surface area contributed by atoms with Crippen LogP contribution in [0.4, 0.5) is 23.2 Å². The Morgan fingerprint density at radius 2 is 1.88 bits per heavy atom. The molecule has 0 radical (unpaired) electrons. The van der Waals surface area contributed by atoms with Crippen LogP contribution in [0, 0.1) is 5.82 Å². The number of amides is 1. The van der Waals surface area contributed by atoms with Gasteiger partial charge in [-0.2, -0.15) is 13.2 Å². The quantitative estimate of drug-likeness (QED) is 0.482. The van der Waals surface area contributed by atoms with Gasteiger partial charge in [0.05, 0.1) is 12.6 Å². The lowest BCUT2D eigenvalue weighted by Crippen LogP contribution is -2.29. The molecule has 2 aromatic carbocycles. The molecule has 0 saturated heterocycles. The Hall–Kier alpha value is -3.62. The van der Waals surface area contributed by atoms with Crippen molar-refractivity contribution in [2.45, 2.75) is 31.5 Å². The number of carbonyl (C=O) groups is 1. The van der Waals surface area contributed by atoms with Crippen molar-refractivity contribution in [3.63, 3.8) is 0 Å². The lowest BCUT2D eigenvalue weighted by molar-refractivity contribution is -0.140. The third kappa shape index (κ3) is 5.24. The number of carbonyl (C=O) groups excluding carboxylic acids is 1. The molecule has 1 aliphatic rings. The highest BCUT2D eigenvalue weighted by molar-refractivity contribution is 5.95. The van der Waals surface area contributed by atoms with E-state index in [-0.39, 0.29) is 28.5 Å². The van der Waals surface area contributed by atoms with Crippen molar-refractivity contribution in [1.29, 1.82) is 0 Å². The number of hydrogen-bond donors (Lipinski definition) is 2. The molecule has 4 rings (SSSR count). The summed E-state index contributed by atoms with van der Waals surface area (Å²) in [7, 11) is 1.53. The molecule has 0 spiro atoms. The molecule has 33 heavy (non-hydrogen) atoms. The molecule has 0 saturated carbocycles. The second kappa shape index (κ2) is 9.09. The third-order valence-electron chi connectivity index (χ3n) is 5.39. The summed E-state index contributed by atoms with van der Waals surface area (Å²) in [6.45, 7) is 0. The van der Waals surface area contributed by atoms with Crippen molar-refractivity contribution < 1.29 is 27.1 Å². The van der Waals surface area contributed by atoms with E-state index in [1.165, 1.54) is 13.2 Å². The monoisotopic (exact) mass is 459 g/mol. The number of fused-ring (bicyclic) bond motifs is 1. The summed E-state index contributed by atoms with van der Waals surface area (Å²) in [6.07, 6.45) is -0.874. The fraction of sp³-hybridized carbons (Fsp3) is 0.250. The fourth-order valence-electron chi connectivity index (χ4n) is 3.76. The van der Waals surface area contributed by atoms with Gasteiger partial charge in [-0.25, -0.2) is 9.37 Å². The molecule has 1 aromatic heterocycles. The molecule has 0 bridgehead atoms. The van der Waals surface area contributed by atoms with Crippen LogP contribution in [0.5, 0.6) is 5.75 Å². The second-order valence-electron chi connectivity index (χ2n) is 7.73. The topological polar surface area (TPSA) is 63.2 Å². The Kier molecular flexibility index (Phi) is 6.22. The lowest BCUT2D eigenvalue weighted by Gasteiger charge is -2.24. The molecule has 1 aliphatic carbocycles. The second-order valence-corrected chi connectivity index (χ2v) is 7.73. The molecular weight excluding hydrogens is 438 g/mol. The molecule has 1 atom stereocenters. The van der Waals surface area contributed by atoms with Crippen LogP contribution in [-0.4, -0.2) is 24.0 Å². The van der Waals surface area contributed by atoms with E-state index in [1.807, 2.05) is 0 Å². The minimum absolute atomic E-state index is 0.0431. The third-order valence-corrected chi connectivity index (χ3v) is 5.39. The average molecular weight is 459 g/mol. The van der Waals surface area contributed by atoms with Gasteiger partial charge in [-0.1, -0.05) is 0 Å². The summed E-state index contributed by atoms with van der Waals surface area (Å²) in [6, 6.07) is 10.6. The highest BCUT2D eigenvalue weighted by Crippen LogP contribution is 2.34. The Labute approximate surface area is 187 Å². The van der Waals surface area contributed by atoms with E-state index >= 15 is 0 Å². The largest absolute Gasteiger partial charge is 0.497 e. The summed E-state index contributed by atoms with van der Waals surface area (Å²) in [4.78, 5) is 16.2. The van der Waals surface area contributed by atoms with Crippen LogP contribution in [0.25, 0.3) is 10.9 Å². The van der Waals surface area contributed by atoms with Crippen LogP contribution in [0.15, 0.2) is 60.3 Å². The maximum Gasteiger partial charge on any atom is 0.433 e. The van der Waals surface area contributed by atoms with Gasteiger partial charge in [0.2, 0.25) is 0 Å². The first-order valence-electron chi connectivity index (χ1n) is 10.3. The number of alkyl halides is 3. The zero-order chi connectivity index (χ0) is 23.6. The molecular formula is C24H21F4N3O2. The number of rotatable bonds is 5. The number of nitrogens with one attached hydrogen (secondary N) is 2. The van der Waals surface area contributed by atoms with E-state index < -0.39 is 17.7 Å². The van der Waals surface area contributed by atoms with Crippen LogP contribution in [-0.2, 0) is 6.18 Å². The highest BCUT2D eigenvalue weighted by Gasteiger charge is 2.33. The first kappa shape index (κ1) is 22.6. The van der Waals surface area contributed by atoms with Gasteiger partial charge in [-0.3, -0.25) is 4.79 Å². The first-order chi connectivity index (χ1) is 15.7. The van der Waals surface area contributed by atoms with Gasteiger partial charge >= 0.3 is 6.18 Å². The van der Waals surface area contributed by atoms with E-state index in [9.17, 15) is 22.4 Å². The lowest BCUT2D eigenvalue weighted by atomic mass is 9.99. The van der Waals surface area contributed by atoms with Crippen LogP contribution >= 0.6 is 0 Å². The number of nitrogens with zero attached hydrogens (tertiary/aromatic N) is 1. The minimum Gasteiger partial charge on any atom is -0.497 e. The number of pyridine rings is 1. The van der Waals surface area contributed by atoms with Crippen LogP contribution in [0.2, 0.25) is 0 Å². The zero-order valence-corrected chi connectivity index (χ0v) is 17.7. The van der Waals surface area contributed by atoms with E-state index in [0.717, 1.165) is 24.6 Å². The number of aromatic nitrogens is 1. The van der Waals surface area contributed by atoms with Crippen molar-refractivity contribution in [2.75, 3.05) is 12.4 Å². The molecule has 1 heterocycles. The van der Waals surface area contributed by atoms with Crippen LogP contribution < -0.4 is 15.4 Å². The Bertz CT molecular complexity index is 1210. The van der Waals surface area contributed by atoms with Crippen molar-refractivity contribution in [1.82, 2.24) is 10.3 Å². The normalized spacial score (nSPS) is 16.3. The summed E-state index contributed by atoms with van der Waals surface area (Å²) >= 11 is 0. The fourth-order valence-corrected chi connectivity index (χ4v) is 3.76. The van der Waals surface area contributed by atoms with Crippen molar-refractivity contribution in [3.05, 3.63) is 77.4 Å². The molecule has 2 N–H and O–H groups in total. The summed E-state index contributed by atoms with van der Waals surface area (Å²) in [5.74, 6) is -0.231. The minimum atomic E-state index is -4.64. The van der Waals surface area contributed by atoms with Gasteiger partial charge in [-0.15, -0.1) is 0 Å². The molecule has 9 heteroatoms. The number of methoxy groups -OCH3 is 1. The molecule has 0 aliphatic heterocycles. The van der Waals surface area contributed by atoms with Gasteiger partial charge in [0.15, 0.2) is 0 Å². The van der Waals surface area contributed by atoms with Crippen molar-refractivity contribution >= 4 is 22.5 Å². The number of benzene rings is 2. The average Bonchev–Trinajstić information content (AvgIpc) is 2.79. The summed E-state index contributed by atoms with van der Waals surface area (Å²) < 4.78 is 58.9. The van der Waals surface area contributed by atoms with Gasteiger partial charge in [-0.05, 0) is 73.9 Å². The highest BCUT2D eigenvalue weighted by atomic mass is 19.4. The molecule has 172 valence electrons. The van der Waals surface area contributed by atoms with E-state index in [4.69, 9.17) is 4.74 Å². The predicted octanol–water partition coefficient (Wildman–Crippen LogP) is 5.68. The molecule has 5 nitrogen and oxygen atoms in total. The van der Waals surface area contributed by atoms with Crippen LogP contribution in [0.1, 0.15) is 35.3 Å². The molecule has 1 amide bonds. The zero-order valence-electron chi connectivity index (χ0n) is 17.7. The van der Waals surface area contributed by atoms with E-state index in [1.54, 1.807) is 30.3 Å². The van der Waals surface area contributed by atoms with E-state index in [2.05, 4.69) is 15.6 Å². The molecule has 3 aromatic rings. The number of hydrogen-bond acceptors (Lipinski definition) is 4. The van der Waals surface area contributed by atoms with Gasteiger partial charge in [0.25, 0.3) is 5.91 Å². The Balaban J connectivity index is 1.57. The van der Waals surface area contributed by atoms with Gasteiger partial charge in [0, 0.05) is 28.4 Å². The number of anilines is 1. The molecule has 0 unspecified atom stereocenters. The maximum atomic E-state index is 13.8. The summed E-state index contributed by atoms with van der Waals surface area (Å²) in [5, 5.41) is 6.19. The first-order valence-corrected chi connectivity index (χ1v) is 10.3. The van der Waals surface area contributed by atoms with Crippen LogP contribution in [0.3, 0.4) is 0 Å². The Morgan fingerprint density at radius 1 is 1.12 bits per heavy atom. The smallest absolute Gasteiger partial charge is 0.433 e. The Morgan fingerprint density at radius 3 is 2.58 bits per heavy atom. The summed E-state index contributed by atoms with van der Waals surface area (Å²) in [5.41, 5.74) is 0.242.